The first-order valence-electron chi connectivity index (χ1n) is 5.82. The summed E-state index contributed by atoms with van der Waals surface area (Å²) in [4.78, 5) is 0. The molecule has 1 heterocycles. The lowest BCUT2D eigenvalue weighted by Crippen LogP contribution is -2.52. The summed E-state index contributed by atoms with van der Waals surface area (Å²) in [7, 11) is 0. The molecule has 0 aromatic rings. The molecule has 0 N–H and O–H groups in total. The van der Waals surface area contributed by atoms with Gasteiger partial charge in [-0.1, -0.05) is 27.2 Å². The minimum absolute atomic E-state index is 0.197. The van der Waals surface area contributed by atoms with Crippen molar-refractivity contribution in [1.29, 1.82) is 0 Å². The number of ether oxygens (including phenoxy) is 2. The summed E-state index contributed by atoms with van der Waals surface area (Å²) in [6.07, 6.45) is 4.93. The maximum Gasteiger partial charge on any atom is 0.170 e. The molecular weight excluding hydrogens is 176 g/mol. The second-order valence-electron chi connectivity index (χ2n) is 5.70. The molecule has 2 rings (SSSR count). The Morgan fingerprint density at radius 3 is 2.29 bits per heavy atom. The zero-order chi connectivity index (χ0) is 10.2. The third-order valence-electron chi connectivity index (χ3n) is 3.58. The molecule has 1 unspecified atom stereocenters. The summed E-state index contributed by atoms with van der Waals surface area (Å²) in [5.41, 5.74) is 0.197. The van der Waals surface area contributed by atoms with Crippen LogP contribution in [-0.4, -0.2) is 19.0 Å². The van der Waals surface area contributed by atoms with Crippen molar-refractivity contribution in [3.05, 3.63) is 0 Å². The van der Waals surface area contributed by atoms with Crippen molar-refractivity contribution in [2.45, 2.75) is 52.2 Å². The Labute approximate surface area is 87.0 Å². The van der Waals surface area contributed by atoms with Crippen molar-refractivity contribution in [2.24, 2.45) is 11.3 Å². The minimum atomic E-state index is -0.228. The normalized spacial score (nSPS) is 35.8. The summed E-state index contributed by atoms with van der Waals surface area (Å²) in [5.74, 6) is 0.334. The molecule has 0 bridgehead atoms. The predicted octanol–water partition coefficient (Wildman–Crippen LogP) is 2.97. The molecule has 2 aliphatic rings. The van der Waals surface area contributed by atoms with Gasteiger partial charge in [0.25, 0.3) is 0 Å². The van der Waals surface area contributed by atoms with Crippen LogP contribution in [0.1, 0.15) is 46.5 Å². The third kappa shape index (κ3) is 1.82. The van der Waals surface area contributed by atoms with Gasteiger partial charge in [-0.25, -0.2) is 0 Å². The number of hydrogen-bond donors (Lipinski definition) is 0. The van der Waals surface area contributed by atoms with Crippen molar-refractivity contribution >= 4 is 0 Å². The van der Waals surface area contributed by atoms with Crippen LogP contribution in [0.25, 0.3) is 0 Å². The molecule has 0 aromatic carbocycles. The Hall–Kier alpha value is -0.0800. The van der Waals surface area contributed by atoms with Gasteiger partial charge in [-0.05, 0) is 12.8 Å². The second kappa shape index (κ2) is 3.49. The molecule has 1 aliphatic carbocycles. The van der Waals surface area contributed by atoms with Gasteiger partial charge in [0, 0.05) is 17.8 Å². The highest BCUT2D eigenvalue weighted by Crippen LogP contribution is 2.42. The van der Waals surface area contributed by atoms with E-state index in [9.17, 15) is 0 Å². The van der Waals surface area contributed by atoms with Crippen molar-refractivity contribution < 1.29 is 9.47 Å². The highest BCUT2D eigenvalue weighted by molar-refractivity contribution is 4.86. The SMILES string of the molecule is CC1CCCCC12OCC(C)(C)CO2. The first-order valence-corrected chi connectivity index (χ1v) is 5.82. The Kier molecular flexibility index (Phi) is 2.61. The summed E-state index contributed by atoms with van der Waals surface area (Å²) in [6, 6.07) is 0. The van der Waals surface area contributed by atoms with E-state index in [1.54, 1.807) is 0 Å². The van der Waals surface area contributed by atoms with Gasteiger partial charge in [-0.15, -0.1) is 0 Å². The maximum atomic E-state index is 6.01. The van der Waals surface area contributed by atoms with Gasteiger partial charge in [0.1, 0.15) is 0 Å². The molecule has 1 saturated carbocycles. The lowest BCUT2D eigenvalue weighted by Gasteiger charge is -2.48. The summed E-state index contributed by atoms with van der Waals surface area (Å²) < 4.78 is 12.0. The quantitative estimate of drug-likeness (QED) is 0.596. The highest BCUT2D eigenvalue weighted by atomic mass is 16.7. The van der Waals surface area contributed by atoms with E-state index in [2.05, 4.69) is 20.8 Å². The average Bonchev–Trinajstić information content (AvgIpc) is 2.15. The fourth-order valence-electron chi connectivity index (χ4n) is 2.44. The zero-order valence-electron chi connectivity index (χ0n) is 9.64. The van der Waals surface area contributed by atoms with Gasteiger partial charge in [0.2, 0.25) is 0 Å². The molecule has 0 aromatic heterocycles. The van der Waals surface area contributed by atoms with Crippen molar-refractivity contribution in [3.8, 4) is 0 Å². The van der Waals surface area contributed by atoms with Gasteiger partial charge < -0.3 is 9.47 Å². The molecule has 2 heteroatoms. The van der Waals surface area contributed by atoms with Gasteiger partial charge in [0.05, 0.1) is 13.2 Å². The Balaban J connectivity index is 2.03. The molecule has 2 nitrogen and oxygen atoms in total. The number of hydrogen-bond acceptors (Lipinski definition) is 2. The molecule has 1 spiro atoms. The van der Waals surface area contributed by atoms with E-state index < -0.39 is 0 Å². The van der Waals surface area contributed by atoms with E-state index in [1.165, 1.54) is 19.3 Å². The van der Waals surface area contributed by atoms with Crippen molar-refractivity contribution in [3.63, 3.8) is 0 Å². The molecule has 82 valence electrons. The van der Waals surface area contributed by atoms with Crippen LogP contribution in [-0.2, 0) is 9.47 Å². The summed E-state index contributed by atoms with van der Waals surface area (Å²) in [6.45, 7) is 8.35. The molecule has 2 fully saturated rings. The fraction of sp³-hybridized carbons (Fsp3) is 1.00. The van der Waals surface area contributed by atoms with E-state index in [4.69, 9.17) is 9.47 Å². The van der Waals surface area contributed by atoms with Gasteiger partial charge in [-0.2, -0.15) is 0 Å². The lowest BCUT2D eigenvalue weighted by molar-refractivity contribution is -0.329. The van der Waals surface area contributed by atoms with Crippen LogP contribution in [0.4, 0.5) is 0 Å². The molecule has 1 atom stereocenters. The van der Waals surface area contributed by atoms with Crippen LogP contribution in [0.3, 0.4) is 0 Å². The molecule has 0 radical (unpaired) electrons. The topological polar surface area (TPSA) is 18.5 Å². The van der Waals surface area contributed by atoms with Crippen LogP contribution in [0.5, 0.6) is 0 Å². The van der Waals surface area contributed by atoms with Crippen molar-refractivity contribution in [1.82, 2.24) is 0 Å². The Morgan fingerprint density at radius 1 is 1.07 bits per heavy atom. The van der Waals surface area contributed by atoms with Crippen molar-refractivity contribution in [2.75, 3.05) is 13.2 Å². The Morgan fingerprint density at radius 2 is 1.71 bits per heavy atom. The predicted molar refractivity (Wildman–Crippen MR) is 56.0 cm³/mol. The molecule has 14 heavy (non-hydrogen) atoms. The second-order valence-corrected chi connectivity index (χ2v) is 5.70. The van der Waals surface area contributed by atoms with Crippen LogP contribution in [0, 0.1) is 11.3 Å². The van der Waals surface area contributed by atoms with Gasteiger partial charge >= 0.3 is 0 Å². The largest absolute Gasteiger partial charge is 0.349 e. The van der Waals surface area contributed by atoms with Crippen LogP contribution in [0.2, 0.25) is 0 Å². The first kappa shape index (κ1) is 10.4. The summed E-state index contributed by atoms with van der Waals surface area (Å²) >= 11 is 0. The van der Waals surface area contributed by atoms with E-state index in [1.807, 2.05) is 0 Å². The van der Waals surface area contributed by atoms with E-state index in [-0.39, 0.29) is 11.2 Å². The van der Waals surface area contributed by atoms with E-state index in [0.717, 1.165) is 19.6 Å². The zero-order valence-corrected chi connectivity index (χ0v) is 9.64. The van der Waals surface area contributed by atoms with E-state index in [0.29, 0.717) is 5.92 Å². The smallest absolute Gasteiger partial charge is 0.170 e. The van der Waals surface area contributed by atoms with Gasteiger partial charge in [0.15, 0.2) is 5.79 Å². The monoisotopic (exact) mass is 198 g/mol. The third-order valence-corrected chi connectivity index (χ3v) is 3.58. The molecular formula is C12H22O2. The van der Waals surface area contributed by atoms with E-state index >= 15 is 0 Å². The van der Waals surface area contributed by atoms with Crippen LogP contribution < -0.4 is 0 Å². The number of rotatable bonds is 0. The maximum absolute atomic E-state index is 6.01. The van der Waals surface area contributed by atoms with Crippen LogP contribution >= 0.6 is 0 Å². The Bertz CT molecular complexity index is 200. The standard InChI is InChI=1S/C12H22O2/c1-10-6-4-5-7-12(10)13-8-11(2,3)9-14-12/h10H,4-9H2,1-3H3. The van der Waals surface area contributed by atoms with Gasteiger partial charge in [-0.3, -0.25) is 0 Å². The van der Waals surface area contributed by atoms with Crippen LogP contribution in [0.15, 0.2) is 0 Å². The fourth-order valence-corrected chi connectivity index (χ4v) is 2.44. The molecule has 1 aliphatic heterocycles. The molecule has 0 amide bonds. The first-order chi connectivity index (χ1) is 6.54. The molecule has 1 saturated heterocycles. The average molecular weight is 198 g/mol. The highest BCUT2D eigenvalue weighted by Gasteiger charge is 2.45. The lowest BCUT2D eigenvalue weighted by atomic mass is 9.82. The minimum Gasteiger partial charge on any atom is -0.349 e. The summed E-state index contributed by atoms with van der Waals surface area (Å²) in [5, 5.41) is 0.